The number of carbonyl (C=O) groups excluding carboxylic acids is 9. The molecule has 25 heteroatoms. The van der Waals surface area contributed by atoms with Crippen molar-refractivity contribution in [3.8, 4) is 11.4 Å². The van der Waals surface area contributed by atoms with E-state index in [-0.39, 0.29) is 52.4 Å². The van der Waals surface area contributed by atoms with Gasteiger partial charge >= 0.3 is 12.1 Å². The summed E-state index contributed by atoms with van der Waals surface area (Å²) in [6.07, 6.45) is 2.26. The Balaban J connectivity index is 0.795. The van der Waals surface area contributed by atoms with Gasteiger partial charge in [-0.3, -0.25) is 38.5 Å². The highest BCUT2D eigenvalue weighted by molar-refractivity contribution is 7.71. The molecule has 2 aromatic heterocycles. The van der Waals surface area contributed by atoms with Crippen molar-refractivity contribution in [3.05, 3.63) is 104 Å². The number of pyridine rings is 2. The number of alkyl carbamates (subject to hydrolysis) is 1. The van der Waals surface area contributed by atoms with E-state index in [4.69, 9.17) is 36.1 Å². The van der Waals surface area contributed by atoms with Gasteiger partial charge in [-0.2, -0.15) is 0 Å². The van der Waals surface area contributed by atoms with Crippen LogP contribution in [0.5, 0.6) is 0 Å². The summed E-state index contributed by atoms with van der Waals surface area (Å²) in [5.41, 5.74) is 3.69. The number of esters is 1. The average Bonchev–Trinajstić information content (AvgIpc) is 4.02. The van der Waals surface area contributed by atoms with E-state index < -0.39 is 110 Å². The maximum atomic E-state index is 15.4. The number of rotatable bonds is 22. The molecule has 0 unspecified atom stereocenters. The van der Waals surface area contributed by atoms with E-state index in [9.17, 15) is 48.3 Å². The SMILES string of the molecule is CC[C@@]1(O)C(=O)OCc2c1cc1n(c2=S)Cc2c-1nc1cc(F)c(C)c3c1c2[C@H](NC(=O)COCNC(=O)CNC(=O)[C@H](Cc1ccccc1)NC(=O)CNC(=O)CNC(=O)OCCOCCN1C(=O)C=CC1=O)CC3. The molecule has 0 fully saturated rings. The number of cyclic esters (lactones) is 1. The number of fused-ring (bicyclic) bond motifs is 5. The smallest absolute Gasteiger partial charge is 0.407 e. The van der Waals surface area contributed by atoms with E-state index in [0.717, 1.165) is 33.7 Å². The normalized spacial score (nSPS) is 17.2. The van der Waals surface area contributed by atoms with Crippen LogP contribution in [0.1, 0.15) is 64.8 Å². The summed E-state index contributed by atoms with van der Waals surface area (Å²) in [7, 11) is 0. The molecule has 1 aliphatic carbocycles. The summed E-state index contributed by atoms with van der Waals surface area (Å²) in [6.45, 7) is 0.803. The fraction of sp³-hybridized carbons (Fsp3) is 0.392. The molecule has 4 aromatic rings. The van der Waals surface area contributed by atoms with Gasteiger partial charge in [0.1, 0.15) is 49.6 Å². The molecule has 2 aromatic carbocycles. The van der Waals surface area contributed by atoms with Crippen LogP contribution >= 0.6 is 12.2 Å². The molecule has 3 atom stereocenters. The lowest BCUT2D eigenvalue weighted by Crippen LogP contribution is -2.52. The third kappa shape index (κ3) is 11.9. The highest BCUT2D eigenvalue weighted by Crippen LogP contribution is 2.47. The Bertz CT molecular complexity index is 3120. The van der Waals surface area contributed by atoms with Crippen molar-refractivity contribution in [1.29, 1.82) is 0 Å². The van der Waals surface area contributed by atoms with Crippen molar-refractivity contribution in [3.63, 3.8) is 0 Å². The molecule has 3 aliphatic heterocycles. The van der Waals surface area contributed by atoms with Gasteiger partial charge in [0.15, 0.2) is 5.60 Å². The number of aliphatic hydroxyl groups is 1. The third-order valence-electron chi connectivity index (χ3n) is 13.3. The minimum atomic E-state index is -1.92. The van der Waals surface area contributed by atoms with Gasteiger partial charge in [-0.15, -0.1) is 0 Å². The number of nitrogens with zero attached hydrogens (tertiary/aromatic N) is 3. The zero-order valence-electron chi connectivity index (χ0n) is 41.3. The van der Waals surface area contributed by atoms with Crippen LogP contribution in [-0.4, -0.2) is 138 Å². The number of nitrogens with one attached hydrogen (secondary N) is 6. The maximum absolute atomic E-state index is 15.4. The van der Waals surface area contributed by atoms with E-state index in [0.29, 0.717) is 62.0 Å². The minimum Gasteiger partial charge on any atom is -0.458 e. The van der Waals surface area contributed by atoms with E-state index in [1.165, 1.54) is 6.07 Å². The van der Waals surface area contributed by atoms with Crippen molar-refractivity contribution in [1.82, 2.24) is 46.4 Å². The first-order chi connectivity index (χ1) is 36.5. The molecule has 23 nitrogen and oxygen atoms in total. The Morgan fingerprint density at radius 2 is 1.62 bits per heavy atom. The minimum absolute atomic E-state index is 0.0232. The Hall–Kier alpha value is -8.00. The molecule has 0 bridgehead atoms. The summed E-state index contributed by atoms with van der Waals surface area (Å²) in [5.74, 6) is -5.52. The number of ether oxygens (including phenoxy) is 4. The first kappa shape index (κ1) is 54.3. The van der Waals surface area contributed by atoms with Crippen molar-refractivity contribution >= 4 is 76.5 Å². The molecular weight excluding hydrogens is 1010 g/mol. The highest BCUT2D eigenvalue weighted by Gasteiger charge is 2.45. The number of hydrogen-bond acceptors (Lipinski definition) is 16. The summed E-state index contributed by atoms with van der Waals surface area (Å²) >= 11 is 5.90. The van der Waals surface area contributed by atoms with Crippen LogP contribution in [0.25, 0.3) is 22.3 Å². The van der Waals surface area contributed by atoms with Crippen LogP contribution in [0.4, 0.5) is 9.18 Å². The third-order valence-corrected chi connectivity index (χ3v) is 13.8. The van der Waals surface area contributed by atoms with E-state index in [1.807, 2.05) is 4.57 Å². The number of imide groups is 1. The Morgan fingerprint density at radius 1 is 0.895 bits per heavy atom. The molecule has 4 aliphatic rings. The number of amides is 8. The predicted molar refractivity (Wildman–Crippen MR) is 266 cm³/mol. The van der Waals surface area contributed by atoms with Gasteiger partial charge in [0.2, 0.25) is 29.5 Å². The summed E-state index contributed by atoms with van der Waals surface area (Å²) in [4.78, 5) is 119. The number of aromatic nitrogens is 2. The second-order valence-corrected chi connectivity index (χ2v) is 18.5. The molecular formula is C51H54FN9O14S. The largest absolute Gasteiger partial charge is 0.458 e. The summed E-state index contributed by atoms with van der Waals surface area (Å²) < 4.78 is 38.6. The van der Waals surface area contributed by atoms with Gasteiger partial charge in [-0.1, -0.05) is 49.5 Å². The van der Waals surface area contributed by atoms with Crippen LogP contribution in [0, 0.1) is 17.4 Å². The zero-order valence-corrected chi connectivity index (χ0v) is 42.2. The molecule has 5 heterocycles. The summed E-state index contributed by atoms with van der Waals surface area (Å²) in [5, 5.41) is 27.2. The van der Waals surface area contributed by atoms with E-state index in [1.54, 1.807) is 50.2 Å². The topological polar surface area (TPSA) is 304 Å². The molecule has 76 heavy (non-hydrogen) atoms. The van der Waals surface area contributed by atoms with Gasteiger partial charge in [0.25, 0.3) is 11.8 Å². The van der Waals surface area contributed by atoms with Crippen molar-refractivity contribution in [2.75, 3.05) is 59.3 Å². The molecule has 0 saturated carbocycles. The van der Waals surface area contributed by atoms with Crippen LogP contribution in [0.2, 0.25) is 0 Å². The Morgan fingerprint density at radius 3 is 2.37 bits per heavy atom. The number of halogens is 1. The van der Waals surface area contributed by atoms with Gasteiger partial charge in [0.05, 0.1) is 62.3 Å². The number of hydrogen-bond donors (Lipinski definition) is 7. The molecule has 8 rings (SSSR count). The van der Waals surface area contributed by atoms with Crippen LogP contribution in [0.3, 0.4) is 0 Å². The molecule has 0 radical (unpaired) electrons. The van der Waals surface area contributed by atoms with Crippen molar-refractivity contribution in [2.45, 2.75) is 70.4 Å². The standard InChI is InChI=1S/C51H54FN9O14S/c1-3-51(71)32-18-37-46-30(23-61(37)48(76)31(32)24-75-49(51)69)45-34(10-9-29-27(2)33(52)19-35(59-46)44(29)45)57-41(65)25-73-26-56-39(63)20-54-47(68)36(17-28-7-5-4-6-8-28)58-40(64)22-53-38(62)21-55-50(70)74-16-15-72-14-13-60-42(66)11-12-43(60)67/h4-8,11-12,18-19,34,36,71H,3,9-10,13-17,20-26H2,1-2H3,(H,53,62)(H,54,68)(H,55,70)(H,56,63)(H,57,65)(H,58,64)/t34-,36+,51+/m1/s1. The van der Waals surface area contributed by atoms with Gasteiger partial charge in [0, 0.05) is 46.7 Å². The second-order valence-electron chi connectivity index (χ2n) is 18.1. The molecule has 400 valence electrons. The van der Waals surface area contributed by atoms with Gasteiger partial charge in [-0.05, 0) is 54.5 Å². The molecule has 7 N–H and O–H groups in total. The van der Waals surface area contributed by atoms with Crippen LogP contribution in [0.15, 0.2) is 54.6 Å². The highest BCUT2D eigenvalue weighted by atomic mass is 32.1. The van der Waals surface area contributed by atoms with E-state index in [2.05, 4.69) is 31.9 Å². The number of aryl methyl sites for hydroxylation is 1. The Labute approximate surface area is 438 Å². The Kier molecular flexibility index (Phi) is 16.9. The first-order valence-electron chi connectivity index (χ1n) is 24.3. The monoisotopic (exact) mass is 1070 g/mol. The lowest BCUT2D eigenvalue weighted by molar-refractivity contribution is -0.172. The molecule has 8 amide bonds. The van der Waals surface area contributed by atoms with Crippen molar-refractivity contribution < 1.29 is 71.6 Å². The quantitative estimate of drug-likeness (QED) is 0.0165. The fourth-order valence-corrected chi connectivity index (χ4v) is 9.75. The van der Waals surface area contributed by atoms with E-state index >= 15 is 4.39 Å². The van der Waals surface area contributed by atoms with Gasteiger partial charge in [-0.25, -0.2) is 19.0 Å². The maximum Gasteiger partial charge on any atom is 0.407 e. The number of carbonyl (C=O) groups is 9. The lowest BCUT2D eigenvalue weighted by atomic mass is 9.81. The number of benzene rings is 2. The predicted octanol–water partition coefficient (Wildman–Crippen LogP) is 0.718. The second kappa shape index (κ2) is 23.7. The average molecular weight is 1070 g/mol. The van der Waals surface area contributed by atoms with Crippen LogP contribution in [-0.2, 0) is 88.9 Å². The first-order valence-corrected chi connectivity index (χ1v) is 24.7. The van der Waals surface area contributed by atoms with Crippen molar-refractivity contribution in [2.24, 2.45) is 0 Å². The molecule has 0 spiro atoms. The fourth-order valence-electron chi connectivity index (χ4n) is 9.42. The molecule has 0 saturated heterocycles. The van der Waals surface area contributed by atoms with Crippen LogP contribution < -0.4 is 31.9 Å². The lowest BCUT2D eigenvalue weighted by Gasteiger charge is -2.32. The summed E-state index contributed by atoms with van der Waals surface area (Å²) in [6, 6.07) is 10.0. The van der Waals surface area contributed by atoms with Gasteiger partial charge < -0.3 is 60.5 Å². The zero-order chi connectivity index (χ0) is 54.3.